The highest BCUT2D eigenvalue weighted by molar-refractivity contribution is 7.89. The van der Waals surface area contributed by atoms with Crippen molar-refractivity contribution in [3.63, 3.8) is 0 Å². The summed E-state index contributed by atoms with van der Waals surface area (Å²) < 4.78 is 40.1. The molecule has 3 heterocycles. The number of nitrogens with zero attached hydrogens (tertiary/aromatic N) is 3. The van der Waals surface area contributed by atoms with E-state index < -0.39 is 15.8 Å². The minimum atomic E-state index is -3.68. The highest BCUT2D eigenvalue weighted by atomic mass is 32.2. The van der Waals surface area contributed by atoms with Crippen LogP contribution >= 0.6 is 0 Å². The molecule has 9 heteroatoms. The van der Waals surface area contributed by atoms with Gasteiger partial charge < -0.3 is 9.80 Å². The lowest BCUT2D eigenvalue weighted by molar-refractivity contribution is -0.143. The van der Waals surface area contributed by atoms with Gasteiger partial charge in [0.1, 0.15) is 5.82 Å². The van der Waals surface area contributed by atoms with E-state index in [-0.39, 0.29) is 41.6 Å². The van der Waals surface area contributed by atoms with Gasteiger partial charge in [0.2, 0.25) is 21.8 Å². The molecule has 2 amide bonds. The van der Waals surface area contributed by atoms with Gasteiger partial charge in [-0.3, -0.25) is 9.59 Å². The van der Waals surface area contributed by atoms with E-state index in [2.05, 4.69) is 0 Å². The average molecular weight is 480 g/mol. The second kappa shape index (κ2) is 10.5. The lowest BCUT2D eigenvalue weighted by Gasteiger charge is -2.37. The maximum atomic E-state index is 13.1. The molecule has 7 nitrogen and oxygen atoms in total. The van der Waals surface area contributed by atoms with Crippen LogP contribution in [0.4, 0.5) is 4.39 Å². The molecular weight excluding hydrogens is 445 g/mol. The fourth-order valence-corrected chi connectivity index (χ4v) is 6.72. The van der Waals surface area contributed by atoms with Gasteiger partial charge in [0.15, 0.2) is 0 Å². The number of hydrogen-bond acceptors (Lipinski definition) is 4. The topological polar surface area (TPSA) is 78.0 Å². The number of rotatable bonds is 4. The second-order valence-corrected chi connectivity index (χ2v) is 11.4. The van der Waals surface area contributed by atoms with Crippen LogP contribution in [0, 0.1) is 17.7 Å². The Balaban J connectivity index is 1.26. The number of likely N-dealkylation sites (tertiary alicyclic amines) is 2. The van der Waals surface area contributed by atoms with E-state index in [0.717, 1.165) is 38.1 Å². The fourth-order valence-electron chi connectivity index (χ4n) is 5.25. The summed E-state index contributed by atoms with van der Waals surface area (Å²) in [5.74, 6) is -0.328. The zero-order valence-corrected chi connectivity index (χ0v) is 19.9. The van der Waals surface area contributed by atoms with E-state index in [4.69, 9.17) is 0 Å². The summed E-state index contributed by atoms with van der Waals surface area (Å²) in [4.78, 5) is 29.9. The summed E-state index contributed by atoms with van der Waals surface area (Å²) in [6.45, 7) is 3.46. The molecule has 0 saturated carbocycles. The normalized spacial score (nSPS) is 22.2. The van der Waals surface area contributed by atoms with E-state index >= 15 is 0 Å². The van der Waals surface area contributed by atoms with Crippen LogP contribution in [0.5, 0.6) is 0 Å². The van der Waals surface area contributed by atoms with Crippen LogP contribution in [-0.2, 0) is 19.6 Å². The number of hydrogen-bond donors (Lipinski definition) is 0. The smallest absolute Gasteiger partial charge is 0.243 e. The van der Waals surface area contributed by atoms with Gasteiger partial charge in [0, 0.05) is 51.1 Å². The standard InChI is InChI=1S/C24H34FN3O4S/c25-21-5-7-22(8-6-21)33(31,32)28-17-11-20(12-18-28)24(30)27-15-9-19(10-16-27)23(29)26-13-3-1-2-4-14-26/h5-8,19-20H,1-4,9-18H2. The van der Waals surface area contributed by atoms with Gasteiger partial charge in [-0.05, 0) is 62.8 Å². The molecule has 1 aromatic rings. The Morgan fingerprint density at radius 3 is 1.67 bits per heavy atom. The maximum absolute atomic E-state index is 13.1. The van der Waals surface area contributed by atoms with Gasteiger partial charge >= 0.3 is 0 Å². The van der Waals surface area contributed by atoms with Crippen LogP contribution in [-0.4, -0.2) is 73.6 Å². The van der Waals surface area contributed by atoms with Gasteiger partial charge in [-0.15, -0.1) is 0 Å². The quantitative estimate of drug-likeness (QED) is 0.665. The minimum absolute atomic E-state index is 0.00912. The monoisotopic (exact) mass is 479 g/mol. The molecule has 0 spiro atoms. The number of benzene rings is 1. The molecule has 0 aliphatic carbocycles. The Morgan fingerprint density at radius 2 is 1.15 bits per heavy atom. The van der Waals surface area contributed by atoms with E-state index in [1.807, 2.05) is 9.80 Å². The van der Waals surface area contributed by atoms with Gasteiger partial charge in [0.25, 0.3) is 0 Å². The molecule has 182 valence electrons. The molecular formula is C24H34FN3O4S. The van der Waals surface area contributed by atoms with Gasteiger partial charge in [-0.1, -0.05) is 12.8 Å². The third kappa shape index (κ3) is 5.57. The molecule has 3 saturated heterocycles. The average Bonchev–Trinajstić information content (AvgIpc) is 3.13. The fraction of sp³-hybridized carbons (Fsp3) is 0.667. The summed E-state index contributed by atoms with van der Waals surface area (Å²) in [5, 5.41) is 0. The molecule has 0 aromatic heterocycles. The Hall–Kier alpha value is -2.00. The van der Waals surface area contributed by atoms with Crippen molar-refractivity contribution in [2.75, 3.05) is 39.3 Å². The van der Waals surface area contributed by atoms with E-state index in [9.17, 15) is 22.4 Å². The zero-order chi connectivity index (χ0) is 23.4. The van der Waals surface area contributed by atoms with Crippen molar-refractivity contribution in [1.82, 2.24) is 14.1 Å². The Kier molecular flexibility index (Phi) is 7.69. The van der Waals surface area contributed by atoms with Crippen molar-refractivity contribution >= 4 is 21.8 Å². The zero-order valence-electron chi connectivity index (χ0n) is 19.1. The molecule has 4 rings (SSSR count). The summed E-state index contributed by atoms with van der Waals surface area (Å²) in [6.07, 6.45) is 6.92. The van der Waals surface area contributed by atoms with Crippen LogP contribution in [0.2, 0.25) is 0 Å². The molecule has 3 aliphatic rings. The Morgan fingerprint density at radius 1 is 0.697 bits per heavy atom. The van der Waals surface area contributed by atoms with E-state index in [1.165, 1.54) is 29.3 Å². The predicted octanol–water partition coefficient (Wildman–Crippen LogP) is 2.87. The third-order valence-electron chi connectivity index (χ3n) is 7.33. The van der Waals surface area contributed by atoms with Crippen molar-refractivity contribution in [1.29, 1.82) is 0 Å². The molecule has 0 atom stereocenters. The predicted molar refractivity (Wildman–Crippen MR) is 122 cm³/mol. The molecule has 0 unspecified atom stereocenters. The Labute approximate surface area is 196 Å². The first kappa shape index (κ1) is 24.1. The highest BCUT2D eigenvalue weighted by Crippen LogP contribution is 2.28. The summed E-state index contributed by atoms with van der Waals surface area (Å²) in [7, 11) is -3.68. The van der Waals surface area contributed by atoms with Gasteiger partial charge in [-0.25, -0.2) is 12.8 Å². The Bertz CT molecular complexity index is 929. The van der Waals surface area contributed by atoms with Crippen molar-refractivity contribution in [3.05, 3.63) is 30.1 Å². The van der Waals surface area contributed by atoms with Crippen molar-refractivity contribution < 1.29 is 22.4 Å². The van der Waals surface area contributed by atoms with E-state index in [1.54, 1.807) is 0 Å². The number of carbonyl (C=O) groups is 2. The van der Waals surface area contributed by atoms with Crippen LogP contribution in [0.3, 0.4) is 0 Å². The summed E-state index contributed by atoms with van der Waals surface area (Å²) in [5.41, 5.74) is 0. The first-order valence-corrected chi connectivity index (χ1v) is 13.6. The number of sulfonamides is 1. The molecule has 3 aliphatic heterocycles. The van der Waals surface area contributed by atoms with Crippen molar-refractivity contribution in [2.24, 2.45) is 11.8 Å². The number of amides is 2. The van der Waals surface area contributed by atoms with Gasteiger partial charge in [-0.2, -0.15) is 4.31 Å². The van der Waals surface area contributed by atoms with E-state index in [0.29, 0.717) is 38.8 Å². The molecule has 0 bridgehead atoms. The maximum Gasteiger partial charge on any atom is 0.243 e. The molecule has 1 aromatic carbocycles. The number of carbonyl (C=O) groups excluding carboxylic acids is 2. The number of halogens is 1. The molecule has 0 radical (unpaired) electrons. The minimum Gasteiger partial charge on any atom is -0.342 e. The largest absolute Gasteiger partial charge is 0.342 e. The van der Waals surface area contributed by atoms with Crippen LogP contribution in [0.25, 0.3) is 0 Å². The van der Waals surface area contributed by atoms with Crippen LogP contribution in [0.1, 0.15) is 51.4 Å². The first-order chi connectivity index (χ1) is 15.9. The lowest BCUT2D eigenvalue weighted by atomic mass is 9.92. The van der Waals surface area contributed by atoms with Crippen LogP contribution in [0.15, 0.2) is 29.2 Å². The highest BCUT2D eigenvalue weighted by Gasteiger charge is 2.36. The third-order valence-corrected chi connectivity index (χ3v) is 9.24. The van der Waals surface area contributed by atoms with Crippen molar-refractivity contribution in [2.45, 2.75) is 56.3 Å². The number of piperidine rings is 2. The SMILES string of the molecule is O=C(C1CCN(C(=O)C2CCN(S(=O)(=O)c3ccc(F)cc3)CC2)CC1)N1CCCCCC1. The summed E-state index contributed by atoms with van der Waals surface area (Å²) in [6, 6.07) is 4.84. The molecule has 33 heavy (non-hydrogen) atoms. The lowest BCUT2D eigenvalue weighted by Crippen LogP contribution is -2.48. The van der Waals surface area contributed by atoms with Gasteiger partial charge in [0.05, 0.1) is 4.90 Å². The molecule has 0 N–H and O–H groups in total. The van der Waals surface area contributed by atoms with Crippen molar-refractivity contribution in [3.8, 4) is 0 Å². The summed E-state index contributed by atoms with van der Waals surface area (Å²) >= 11 is 0. The second-order valence-electron chi connectivity index (χ2n) is 9.47. The molecule has 3 fully saturated rings. The van der Waals surface area contributed by atoms with Crippen LogP contribution < -0.4 is 0 Å². The first-order valence-electron chi connectivity index (χ1n) is 12.2.